The molecule has 7 nitrogen and oxygen atoms in total. The Kier molecular flexibility index (Phi) is 6.31. The van der Waals surface area contributed by atoms with Gasteiger partial charge in [0.15, 0.2) is 0 Å². The van der Waals surface area contributed by atoms with E-state index in [1.165, 1.54) is 41.2 Å². The lowest BCUT2D eigenvalue weighted by atomic mass is 9.84. The van der Waals surface area contributed by atoms with Gasteiger partial charge in [0.2, 0.25) is 4.80 Å². The third-order valence-corrected chi connectivity index (χ3v) is 7.28. The van der Waals surface area contributed by atoms with Gasteiger partial charge in [0.25, 0.3) is 5.69 Å². The molecule has 0 unspecified atom stereocenters. The maximum Gasteiger partial charge on any atom is 0.269 e. The van der Waals surface area contributed by atoms with Gasteiger partial charge in [-0.15, -0.1) is 11.3 Å². The minimum absolute atomic E-state index is 0.0149. The molecule has 0 N–H and O–H groups in total. The van der Waals surface area contributed by atoms with E-state index in [0.29, 0.717) is 10.5 Å². The van der Waals surface area contributed by atoms with Crippen molar-refractivity contribution in [1.82, 2.24) is 4.68 Å². The molecule has 0 saturated heterocycles. The lowest BCUT2D eigenvalue weighted by Gasteiger charge is -2.23. The topological polar surface area (TPSA) is 76.0 Å². The van der Waals surface area contributed by atoms with Gasteiger partial charge in [0, 0.05) is 53.1 Å². The number of thiazole rings is 1. The highest BCUT2D eigenvalue weighted by molar-refractivity contribution is 7.07. The lowest BCUT2D eigenvalue weighted by molar-refractivity contribution is -0.384. The number of fused-ring (bicyclic) bond motifs is 1. The monoisotopic (exact) mass is 513 g/mol. The first-order valence-electron chi connectivity index (χ1n) is 11.6. The SMILES string of the molecule is CN1C(=CC=Nn2c(-c3ccc([N+](=O)[O-])cc3)csc2=Nc2ccc(F)cc2)C(C)(C)c2ccccc21. The van der Waals surface area contributed by atoms with Crippen LogP contribution in [0.3, 0.4) is 0 Å². The van der Waals surface area contributed by atoms with Crippen LogP contribution in [0.1, 0.15) is 19.4 Å². The zero-order valence-electron chi connectivity index (χ0n) is 20.5. The molecule has 4 aromatic rings. The molecule has 0 spiro atoms. The first-order chi connectivity index (χ1) is 17.8. The van der Waals surface area contributed by atoms with Crippen LogP contribution in [0, 0.1) is 15.9 Å². The van der Waals surface area contributed by atoms with Gasteiger partial charge in [-0.2, -0.15) is 5.10 Å². The van der Waals surface area contributed by atoms with Crippen molar-refractivity contribution in [2.24, 2.45) is 10.1 Å². The summed E-state index contributed by atoms with van der Waals surface area (Å²) in [7, 11) is 2.04. The third kappa shape index (κ3) is 4.61. The largest absolute Gasteiger partial charge is 0.347 e. The van der Waals surface area contributed by atoms with Gasteiger partial charge in [-0.05, 0) is 54.1 Å². The third-order valence-electron chi connectivity index (χ3n) is 6.47. The number of allylic oxidation sites excluding steroid dienone is 2. The van der Waals surface area contributed by atoms with Crippen LogP contribution in [0.5, 0.6) is 0 Å². The van der Waals surface area contributed by atoms with Crippen molar-refractivity contribution < 1.29 is 9.31 Å². The second-order valence-corrected chi connectivity index (χ2v) is 9.96. The number of nitro benzene ring substituents is 1. The van der Waals surface area contributed by atoms with E-state index in [2.05, 4.69) is 35.9 Å². The van der Waals surface area contributed by atoms with E-state index in [4.69, 9.17) is 5.10 Å². The molecule has 37 heavy (non-hydrogen) atoms. The summed E-state index contributed by atoms with van der Waals surface area (Å²) in [6, 6.07) is 20.6. The average Bonchev–Trinajstić information content (AvgIpc) is 3.37. The van der Waals surface area contributed by atoms with Crippen LogP contribution >= 0.6 is 11.3 Å². The Morgan fingerprint density at radius 1 is 1.03 bits per heavy atom. The highest BCUT2D eigenvalue weighted by atomic mass is 32.1. The van der Waals surface area contributed by atoms with E-state index < -0.39 is 4.92 Å². The summed E-state index contributed by atoms with van der Waals surface area (Å²) in [5, 5.41) is 17.7. The zero-order valence-corrected chi connectivity index (χ0v) is 21.3. The number of nitro groups is 1. The number of halogens is 1. The number of anilines is 1. The maximum atomic E-state index is 13.4. The van der Waals surface area contributed by atoms with Gasteiger partial charge in [-0.25, -0.2) is 14.1 Å². The molecule has 3 aromatic carbocycles. The van der Waals surface area contributed by atoms with Crippen molar-refractivity contribution in [2.75, 3.05) is 11.9 Å². The molecule has 0 bridgehead atoms. The molecule has 1 aliphatic rings. The molecule has 1 aromatic heterocycles. The molecular formula is C28H24FN5O2S. The molecule has 0 fully saturated rings. The number of likely N-dealkylation sites (N-methyl/N-ethyl adjacent to an activating group) is 1. The van der Waals surface area contributed by atoms with E-state index in [0.717, 1.165) is 22.6 Å². The van der Waals surface area contributed by atoms with Crippen LogP contribution in [0.2, 0.25) is 0 Å². The van der Waals surface area contributed by atoms with Crippen molar-refractivity contribution >= 4 is 34.6 Å². The molecule has 0 amide bonds. The second kappa shape index (κ2) is 9.59. The fourth-order valence-corrected chi connectivity index (χ4v) is 5.40. The average molecular weight is 514 g/mol. The van der Waals surface area contributed by atoms with Gasteiger partial charge < -0.3 is 4.90 Å². The molecule has 2 heterocycles. The molecule has 1 aliphatic heterocycles. The van der Waals surface area contributed by atoms with Crippen LogP contribution in [-0.2, 0) is 5.41 Å². The number of aromatic nitrogens is 1. The van der Waals surface area contributed by atoms with Crippen LogP contribution in [0.15, 0.2) is 100 Å². The predicted molar refractivity (Wildman–Crippen MR) is 146 cm³/mol. The van der Waals surface area contributed by atoms with E-state index in [-0.39, 0.29) is 16.9 Å². The van der Waals surface area contributed by atoms with Crippen molar-refractivity contribution in [1.29, 1.82) is 0 Å². The number of hydrogen-bond donors (Lipinski definition) is 0. The zero-order chi connectivity index (χ0) is 26.2. The molecule has 0 saturated carbocycles. The second-order valence-electron chi connectivity index (χ2n) is 9.13. The highest BCUT2D eigenvalue weighted by Crippen LogP contribution is 2.46. The molecule has 0 aliphatic carbocycles. The van der Waals surface area contributed by atoms with Crippen molar-refractivity contribution in [3.8, 4) is 11.3 Å². The Morgan fingerprint density at radius 2 is 1.73 bits per heavy atom. The quantitative estimate of drug-likeness (QED) is 0.170. The summed E-state index contributed by atoms with van der Waals surface area (Å²) in [5.41, 5.74) is 5.42. The summed E-state index contributed by atoms with van der Waals surface area (Å²) in [6.45, 7) is 4.37. The van der Waals surface area contributed by atoms with Crippen molar-refractivity contribution in [3.05, 3.63) is 116 Å². The molecule has 9 heteroatoms. The van der Waals surface area contributed by atoms with Crippen LogP contribution < -0.4 is 9.70 Å². The fourth-order valence-electron chi connectivity index (χ4n) is 4.54. The number of para-hydroxylation sites is 1. The van der Waals surface area contributed by atoms with Crippen molar-refractivity contribution in [2.45, 2.75) is 19.3 Å². The summed E-state index contributed by atoms with van der Waals surface area (Å²) in [6.07, 6.45) is 3.73. The molecule has 5 rings (SSSR count). The number of nitrogens with zero attached hydrogens (tertiary/aromatic N) is 5. The number of hydrogen-bond acceptors (Lipinski definition) is 6. The number of benzene rings is 3. The molecule has 0 atom stereocenters. The summed E-state index contributed by atoms with van der Waals surface area (Å²) >= 11 is 1.38. The normalized spacial score (nSPS) is 16.1. The Hall–Kier alpha value is -4.37. The van der Waals surface area contributed by atoms with E-state index >= 15 is 0 Å². The predicted octanol–water partition coefficient (Wildman–Crippen LogP) is 6.64. The Bertz CT molecular complexity index is 1600. The van der Waals surface area contributed by atoms with Crippen LogP contribution in [0.4, 0.5) is 21.5 Å². The Labute approximate surface area is 217 Å². The van der Waals surface area contributed by atoms with Crippen LogP contribution in [0.25, 0.3) is 11.3 Å². The van der Waals surface area contributed by atoms with E-state index in [9.17, 15) is 14.5 Å². The van der Waals surface area contributed by atoms with Gasteiger partial charge in [0.1, 0.15) is 5.82 Å². The molecular weight excluding hydrogens is 489 g/mol. The first kappa shape index (κ1) is 24.3. The van der Waals surface area contributed by atoms with Gasteiger partial charge in [-0.3, -0.25) is 10.1 Å². The molecule has 186 valence electrons. The summed E-state index contributed by atoms with van der Waals surface area (Å²) in [5.74, 6) is -0.335. The maximum absolute atomic E-state index is 13.4. The number of rotatable bonds is 5. The smallest absolute Gasteiger partial charge is 0.269 e. The highest BCUT2D eigenvalue weighted by Gasteiger charge is 2.37. The van der Waals surface area contributed by atoms with Gasteiger partial charge in [-0.1, -0.05) is 32.0 Å². The van der Waals surface area contributed by atoms with E-state index in [1.54, 1.807) is 35.2 Å². The first-order valence-corrected chi connectivity index (χ1v) is 12.5. The van der Waals surface area contributed by atoms with Crippen LogP contribution in [-0.4, -0.2) is 22.9 Å². The van der Waals surface area contributed by atoms with Gasteiger partial charge >= 0.3 is 0 Å². The Balaban J connectivity index is 1.58. The minimum atomic E-state index is -0.428. The summed E-state index contributed by atoms with van der Waals surface area (Å²) in [4.78, 5) is 18.1. The summed E-state index contributed by atoms with van der Waals surface area (Å²) < 4.78 is 15.1. The molecule has 0 radical (unpaired) electrons. The van der Waals surface area contributed by atoms with E-state index in [1.807, 2.05) is 30.6 Å². The number of non-ortho nitro benzene ring substituents is 1. The lowest BCUT2D eigenvalue weighted by Crippen LogP contribution is -2.23. The van der Waals surface area contributed by atoms with Crippen molar-refractivity contribution in [3.63, 3.8) is 0 Å². The fraction of sp³-hybridized carbons (Fsp3) is 0.143. The minimum Gasteiger partial charge on any atom is -0.347 e. The standard InChI is InChI=1S/C28H24FN5O2S/c1-28(2)23-6-4-5-7-24(23)32(3)26(28)16-17-30-33-25(19-8-14-22(15-9-19)34(35)36)18-37-27(33)31-21-12-10-20(29)11-13-21/h4-18H,1-3H3. The van der Waals surface area contributed by atoms with Gasteiger partial charge in [0.05, 0.1) is 16.3 Å². The Morgan fingerprint density at radius 3 is 2.41 bits per heavy atom.